The van der Waals surface area contributed by atoms with E-state index in [4.69, 9.17) is 15.8 Å². The maximum absolute atomic E-state index is 12.5. The molecule has 1 rings (SSSR count). The molecule has 0 saturated heterocycles. The first-order valence-electron chi connectivity index (χ1n) is 4.36. The second-order valence-corrected chi connectivity index (χ2v) is 3.08. The summed E-state index contributed by atoms with van der Waals surface area (Å²) in [6.45, 7) is 0. The highest BCUT2D eigenvalue weighted by Gasteiger charge is 2.35. The van der Waals surface area contributed by atoms with Crippen molar-refractivity contribution in [1.29, 1.82) is 15.8 Å². The molecule has 0 aliphatic heterocycles. The molecule has 3 nitrogen and oxygen atoms in total. The largest absolute Gasteiger partial charge is 0.417 e. The summed E-state index contributed by atoms with van der Waals surface area (Å²) in [5, 5.41) is 25.9. The molecule has 1 aromatic rings. The molecule has 0 aliphatic rings. The van der Waals surface area contributed by atoms with Gasteiger partial charge in [0.25, 0.3) is 0 Å². The Morgan fingerprint density at radius 2 is 1.59 bits per heavy atom. The average molecular weight is 235 g/mol. The maximum Gasteiger partial charge on any atom is 0.417 e. The molecule has 0 aromatic heterocycles. The van der Waals surface area contributed by atoms with Crippen LogP contribution in [0.3, 0.4) is 0 Å². The minimum absolute atomic E-state index is 0.125. The van der Waals surface area contributed by atoms with Gasteiger partial charge >= 0.3 is 6.18 Å². The predicted octanol–water partition coefficient (Wildman–Crippen LogP) is 2.51. The van der Waals surface area contributed by atoms with Crippen molar-refractivity contribution in [3.63, 3.8) is 0 Å². The lowest BCUT2D eigenvalue weighted by molar-refractivity contribution is -0.137. The molecule has 0 radical (unpaired) electrons. The lowest BCUT2D eigenvalue weighted by Crippen LogP contribution is -2.10. The van der Waals surface area contributed by atoms with Crippen LogP contribution in [0.2, 0.25) is 0 Å². The van der Waals surface area contributed by atoms with Crippen LogP contribution in [0.25, 0.3) is 0 Å². The monoisotopic (exact) mass is 235 g/mol. The van der Waals surface area contributed by atoms with E-state index < -0.39 is 17.3 Å². The molecule has 0 aliphatic carbocycles. The lowest BCUT2D eigenvalue weighted by Gasteiger charge is -2.11. The van der Waals surface area contributed by atoms with Crippen molar-refractivity contribution in [2.45, 2.75) is 12.6 Å². The first-order valence-corrected chi connectivity index (χ1v) is 4.36. The van der Waals surface area contributed by atoms with Gasteiger partial charge in [0.15, 0.2) is 0 Å². The molecule has 0 spiro atoms. The lowest BCUT2D eigenvalue weighted by atomic mass is 9.95. The second-order valence-electron chi connectivity index (χ2n) is 3.08. The molecule has 6 heteroatoms. The highest BCUT2D eigenvalue weighted by molar-refractivity contribution is 5.56. The van der Waals surface area contributed by atoms with Gasteiger partial charge < -0.3 is 0 Å². The highest BCUT2D eigenvalue weighted by Crippen LogP contribution is 2.34. The Balaban J connectivity index is 3.59. The van der Waals surface area contributed by atoms with Gasteiger partial charge in [-0.25, -0.2) is 0 Å². The minimum Gasteiger partial charge on any atom is -0.198 e. The molecular formula is C11H4F3N3. The molecular weight excluding hydrogens is 231 g/mol. The summed E-state index contributed by atoms with van der Waals surface area (Å²) in [5.74, 6) is 0. The Bertz CT molecular complexity index is 568. The van der Waals surface area contributed by atoms with Crippen LogP contribution >= 0.6 is 0 Å². The van der Waals surface area contributed by atoms with Gasteiger partial charge in [-0.2, -0.15) is 29.0 Å². The van der Waals surface area contributed by atoms with Crippen molar-refractivity contribution in [3.05, 3.63) is 34.4 Å². The molecule has 0 amide bonds. The third-order valence-electron chi connectivity index (χ3n) is 2.09. The van der Waals surface area contributed by atoms with Crippen LogP contribution in [0.4, 0.5) is 13.2 Å². The third kappa shape index (κ3) is 2.35. The fourth-order valence-corrected chi connectivity index (χ4v) is 1.36. The summed E-state index contributed by atoms with van der Waals surface area (Å²) >= 11 is 0. The van der Waals surface area contributed by atoms with Crippen LogP contribution in [0.15, 0.2) is 12.1 Å². The van der Waals surface area contributed by atoms with E-state index in [9.17, 15) is 13.2 Å². The first kappa shape index (κ1) is 12.5. The Hall–Kier alpha value is -2.52. The number of halogens is 3. The summed E-state index contributed by atoms with van der Waals surface area (Å²) in [7, 11) is 0. The number of alkyl halides is 3. The fourth-order valence-electron chi connectivity index (χ4n) is 1.36. The number of benzene rings is 1. The van der Waals surface area contributed by atoms with E-state index in [0.717, 1.165) is 6.07 Å². The zero-order chi connectivity index (χ0) is 13.1. The van der Waals surface area contributed by atoms with E-state index in [0.29, 0.717) is 6.07 Å². The Labute approximate surface area is 94.9 Å². The van der Waals surface area contributed by atoms with Gasteiger partial charge in [0.1, 0.15) is 12.1 Å². The van der Waals surface area contributed by atoms with Crippen molar-refractivity contribution in [2.75, 3.05) is 0 Å². The number of nitrogens with zero attached hydrogens (tertiary/aromatic N) is 3. The normalized spacial score (nSPS) is 10.1. The predicted molar refractivity (Wildman–Crippen MR) is 50.2 cm³/mol. The molecule has 0 unspecified atom stereocenters. The van der Waals surface area contributed by atoms with Gasteiger partial charge in [0, 0.05) is 0 Å². The van der Waals surface area contributed by atoms with Gasteiger partial charge in [0.2, 0.25) is 0 Å². The zero-order valence-corrected chi connectivity index (χ0v) is 8.34. The van der Waals surface area contributed by atoms with Crippen LogP contribution < -0.4 is 0 Å². The SMILES string of the molecule is N#CCc1ccc(C(F)(F)F)c(C#N)c1C#N. The van der Waals surface area contributed by atoms with E-state index >= 15 is 0 Å². The Morgan fingerprint density at radius 3 is 2.00 bits per heavy atom. The zero-order valence-electron chi connectivity index (χ0n) is 8.34. The Kier molecular flexibility index (Phi) is 3.36. The molecule has 84 valence electrons. The van der Waals surface area contributed by atoms with Gasteiger partial charge in [0.05, 0.1) is 29.2 Å². The van der Waals surface area contributed by atoms with Crippen molar-refractivity contribution in [2.24, 2.45) is 0 Å². The van der Waals surface area contributed by atoms with E-state index in [1.54, 1.807) is 6.07 Å². The van der Waals surface area contributed by atoms with Gasteiger partial charge in [-0.3, -0.25) is 0 Å². The summed E-state index contributed by atoms with van der Waals surface area (Å²) < 4.78 is 37.6. The first-order chi connectivity index (χ1) is 7.95. The van der Waals surface area contributed by atoms with Gasteiger partial charge in [-0.15, -0.1) is 0 Å². The van der Waals surface area contributed by atoms with Crippen molar-refractivity contribution < 1.29 is 13.2 Å². The van der Waals surface area contributed by atoms with Crippen LogP contribution in [0.5, 0.6) is 0 Å². The van der Waals surface area contributed by atoms with E-state index in [2.05, 4.69) is 0 Å². The number of hydrogen-bond acceptors (Lipinski definition) is 3. The topological polar surface area (TPSA) is 71.4 Å². The maximum atomic E-state index is 12.5. The third-order valence-corrected chi connectivity index (χ3v) is 2.09. The smallest absolute Gasteiger partial charge is 0.198 e. The Morgan fingerprint density at radius 1 is 1.00 bits per heavy atom. The fraction of sp³-hybridized carbons (Fsp3) is 0.182. The molecule has 0 heterocycles. The quantitative estimate of drug-likeness (QED) is 0.750. The van der Waals surface area contributed by atoms with Crippen LogP contribution in [-0.2, 0) is 12.6 Å². The van der Waals surface area contributed by atoms with E-state index in [-0.39, 0.29) is 17.5 Å². The van der Waals surface area contributed by atoms with Crippen LogP contribution in [0.1, 0.15) is 22.3 Å². The van der Waals surface area contributed by atoms with Crippen molar-refractivity contribution >= 4 is 0 Å². The van der Waals surface area contributed by atoms with E-state index in [1.807, 2.05) is 0 Å². The molecule has 1 aromatic carbocycles. The van der Waals surface area contributed by atoms with Crippen LogP contribution in [-0.4, -0.2) is 0 Å². The van der Waals surface area contributed by atoms with Crippen LogP contribution in [0, 0.1) is 34.0 Å². The van der Waals surface area contributed by atoms with Crippen molar-refractivity contribution in [3.8, 4) is 18.2 Å². The molecule has 0 saturated carbocycles. The summed E-state index contributed by atoms with van der Waals surface area (Å²) in [6, 6.07) is 6.40. The number of hydrogen-bond donors (Lipinski definition) is 0. The molecule has 0 bridgehead atoms. The summed E-state index contributed by atoms with van der Waals surface area (Å²) in [6.07, 6.45) is -4.91. The summed E-state index contributed by atoms with van der Waals surface area (Å²) in [5.41, 5.74) is -2.14. The van der Waals surface area contributed by atoms with Crippen molar-refractivity contribution in [1.82, 2.24) is 0 Å². The number of nitriles is 3. The molecule has 0 N–H and O–H groups in total. The second kappa shape index (κ2) is 4.55. The molecule has 0 atom stereocenters. The van der Waals surface area contributed by atoms with Gasteiger partial charge in [-0.1, -0.05) is 6.07 Å². The molecule has 0 fully saturated rings. The van der Waals surface area contributed by atoms with E-state index in [1.165, 1.54) is 12.1 Å². The standard InChI is InChI=1S/C11H4F3N3/c12-11(13,14)10-2-1-7(3-4-15)8(5-16)9(10)6-17/h1-2H,3H2. The number of rotatable bonds is 1. The highest BCUT2D eigenvalue weighted by atomic mass is 19.4. The van der Waals surface area contributed by atoms with Gasteiger partial charge in [-0.05, 0) is 11.6 Å². The summed E-state index contributed by atoms with van der Waals surface area (Å²) in [4.78, 5) is 0. The average Bonchev–Trinajstić information content (AvgIpc) is 2.27. The molecule has 17 heavy (non-hydrogen) atoms. The minimum atomic E-state index is -4.69.